The number of nitrogens with one attached hydrogen (secondary N) is 1. The van der Waals surface area contributed by atoms with Crippen molar-refractivity contribution in [2.75, 3.05) is 31.6 Å². The standard InChI is InChI=1S/C25H22FN5O2/c26-20-6-2-1-5-19(20)22-13-27-14-23(30-22)24-15-31(10-11-33-24)16-25(32)29-18-7-8-21-17(12-18)4-3-9-28-21/h1-9,12-14,24H,10-11,15-16H2,(H,29,32)/t24-/m0/s1. The predicted molar refractivity (Wildman–Crippen MR) is 123 cm³/mol. The summed E-state index contributed by atoms with van der Waals surface area (Å²) in [5.74, 6) is -0.457. The molecule has 0 aliphatic carbocycles. The molecule has 0 spiro atoms. The van der Waals surface area contributed by atoms with Crippen molar-refractivity contribution < 1.29 is 13.9 Å². The molecule has 1 atom stereocenters. The van der Waals surface area contributed by atoms with Crippen LogP contribution in [0.5, 0.6) is 0 Å². The number of aromatic nitrogens is 3. The minimum absolute atomic E-state index is 0.106. The number of nitrogens with zero attached hydrogens (tertiary/aromatic N) is 4. The maximum Gasteiger partial charge on any atom is 0.238 e. The van der Waals surface area contributed by atoms with E-state index in [4.69, 9.17) is 4.74 Å². The highest BCUT2D eigenvalue weighted by Crippen LogP contribution is 2.25. The second-order valence-electron chi connectivity index (χ2n) is 7.86. The molecule has 0 radical (unpaired) electrons. The summed E-state index contributed by atoms with van der Waals surface area (Å²) in [4.78, 5) is 27.8. The Kier molecular flexibility index (Phi) is 6.01. The monoisotopic (exact) mass is 443 g/mol. The number of benzene rings is 2. The minimum Gasteiger partial charge on any atom is -0.369 e. The normalized spacial score (nSPS) is 16.6. The van der Waals surface area contributed by atoms with Crippen LogP contribution in [0, 0.1) is 5.82 Å². The predicted octanol–water partition coefficient (Wildman–Crippen LogP) is 3.84. The van der Waals surface area contributed by atoms with Crippen molar-refractivity contribution in [2.24, 2.45) is 0 Å². The van der Waals surface area contributed by atoms with Gasteiger partial charge >= 0.3 is 0 Å². The number of morpholine rings is 1. The summed E-state index contributed by atoms with van der Waals surface area (Å²) in [6.07, 6.45) is 4.56. The van der Waals surface area contributed by atoms with Crippen LogP contribution >= 0.6 is 0 Å². The summed E-state index contributed by atoms with van der Waals surface area (Å²) in [5, 5.41) is 3.92. The van der Waals surface area contributed by atoms with Gasteiger partial charge in [0.15, 0.2) is 0 Å². The summed E-state index contributed by atoms with van der Waals surface area (Å²) in [6, 6.07) is 15.9. The van der Waals surface area contributed by atoms with Crippen LogP contribution in [0.3, 0.4) is 0 Å². The Hall–Kier alpha value is -3.75. The van der Waals surface area contributed by atoms with E-state index in [0.717, 1.165) is 16.6 Å². The number of rotatable bonds is 5. The molecule has 1 N–H and O–H groups in total. The van der Waals surface area contributed by atoms with Crippen molar-refractivity contribution in [3.63, 3.8) is 0 Å². The Bertz CT molecular complexity index is 1300. The number of ether oxygens (including phenoxy) is 1. The highest BCUT2D eigenvalue weighted by molar-refractivity contribution is 5.94. The number of anilines is 1. The molecule has 4 aromatic rings. The second-order valence-corrected chi connectivity index (χ2v) is 7.86. The van der Waals surface area contributed by atoms with E-state index in [1.54, 1.807) is 30.6 Å². The third kappa shape index (κ3) is 4.87. The molecule has 33 heavy (non-hydrogen) atoms. The maximum absolute atomic E-state index is 14.2. The molecule has 1 aliphatic heterocycles. The van der Waals surface area contributed by atoms with Crippen LogP contribution in [0.1, 0.15) is 11.8 Å². The van der Waals surface area contributed by atoms with E-state index < -0.39 is 0 Å². The van der Waals surface area contributed by atoms with Crippen LogP contribution in [-0.4, -0.2) is 52.0 Å². The minimum atomic E-state index is -0.351. The molecular formula is C25H22FN5O2. The fourth-order valence-corrected chi connectivity index (χ4v) is 3.92. The number of halogens is 1. The van der Waals surface area contributed by atoms with Crippen LogP contribution in [-0.2, 0) is 9.53 Å². The van der Waals surface area contributed by atoms with Crippen LogP contribution < -0.4 is 5.32 Å². The van der Waals surface area contributed by atoms with Gasteiger partial charge in [0, 0.05) is 35.9 Å². The molecule has 7 nitrogen and oxygen atoms in total. The molecule has 1 saturated heterocycles. The largest absolute Gasteiger partial charge is 0.369 e. The SMILES string of the molecule is O=C(CN1CCO[C@H](c2cncc(-c3ccccc3F)n2)C1)Nc1ccc2ncccc2c1. The van der Waals surface area contributed by atoms with E-state index >= 15 is 0 Å². The molecule has 2 aromatic carbocycles. The van der Waals surface area contributed by atoms with E-state index in [1.807, 2.05) is 35.2 Å². The van der Waals surface area contributed by atoms with E-state index in [2.05, 4.69) is 20.3 Å². The van der Waals surface area contributed by atoms with E-state index in [-0.39, 0.29) is 24.4 Å². The summed E-state index contributed by atoms with van der Waals surface area (Å²) < 4.78 is 20.1. The Morgan fingerprint density at radius 1 is 1.15 bits per heavy atom. The fraction of sp³-hybridized carbons (Fsp3) is 0.200. The summed E-state index contributed by atoms with van der Waals surface area (Å²) in [6.45, 7) is 1.81. The van der Waals surface area contributed by atoms with Gasteiger partial charge in [-0.15, -0.1) is 0 Å². The lowest BCUT2D eigenvalue weighted by atomic mass is 10.1. The van der Waals surface area contributed by atoms with E-state index in [1.165, 1.54) is 12.3 Å². The van der Waals surface area contributed by atoms with Crippen molar-refractivity contribution in [1.29, 1.82) is 0 Å². The van der Waals surface area contributed by atoms with Gasteiger partial charge in [0.2, 0.25) is 5.91 Å². The average Bonchev–Trinajstić information content (AvgIpc) is 2.84. The molecule has 8 heteroatoms. The molecule has 1 amide bonds. The van der Waals surface area contributed by atoms with Crippen molar-refractivity contribution >= 4 is 22.5 Å². The highest BCUT2D eigenvalue weighted by Gasteiger charge is 2.25. The second kappa shape index (κ2) is 9.40. The molecule has 0 unspecified atom stereocenters. The lowest BCUT2D eigenvalue weighted by Crippen LogP contribution is -2.42. The fourth-order valence-electron chi connectivity index (χ4n) is 3.92. The van der Waals surface area contributed by atoms with Crippen molar-refractivity contribution in [2.45, 2.75) is 6.10 Å². The quantitative estimate of drug-likeness (QED) is 0.505. The van der Waals surface area contributed by atoms with Gasteiger partial charge in [-0.2, -0.15) is 0 Å². The van der Waals surface area contributed by atoms with Crippen molar-refractivity contribution in [1.82, 2.24) is 19.9 Å². The van der Waals surface area contributed by atoms with Crippen molar-refractivity contribution in [3.05, 3.63) is 84.7 Å². The number of pyridine rings is 1. The Morgan fingerprint density at radius 3 is 2.97 bits per heavy atom. The van der Waals surface area contributed by atoms with Gasteiger partial charge in [-0.3, -0.25) is 19.7 Å². The van der Waals surface area contributed by atoms with Crippen LogP contribution in [0.2, 0.25) is 0 Å². The van der Waals surface area contributed by atoms with Crippen molar-refractivity contribution in [3.8, 4) is 11.3 Å². The van der Waals surface area contributed by atoms with Gasteiger partial charge < -0.3 is 10.1 Å². The molecule has 0 saturated carbocycles. The first-order valence-corrected chi connectivity index (χ1v) is 10.7. The molecular weight excluding hydrogens is 421 g/mol. The summed E-state index contributed by atoms with van der Waals surface area (Å²) >= 11 is 0. The summed E-state index contributed by atoms with van der Waals surface area (Å²) in [7, 11) is 0. The van der Waals surface area contributed by atoms with Gasteiger partial charge in [-0.05, 0) is 36.4 Å². The first-order chi connectivity index (χ1) is 16.2. The van der Waals surface area contributed by atoms with Gasteiger partial charge in [-0.1, -0.05) is 18.2 Å². The molecule has 5 rings (SSSR count). The third-order valence-electron chi connectivity index (χ3n) is 5.54. The Morgan fingerprint density at radius 2 is 2.06 bits per heavy atom. The number of hydrogen-bond donors (Lipinski definition) is 1. The van der Waals surface area contributed by atoms with E-state index in [9.17, 15) is 9.18 Å². The zero-order valence-corrected chi connectivity index (χ0v) is 17.8. The molecule has 2 aromatic heterocycles. The Labute approximate surface area is 190 Å². The average molecular weight is 443 g/mol. The smallest absolute Gasteiger partial charge is 0.238 e. The van der Waals surface area contributed by atoms with E-state index in [0.29, 0.717) is 36.6 Å². The van der Waals surface area contributed by atoms with Gasteiger partial charge in [0.1, 0.15) is 11.9 Å². The van der Waals surface area contributed by atoms with Gasteiger partial charge in [0.05, 0.1) is 42.4 Å². The molecule has 1 fully saturated rings. The first kappa shape index (κ1) is 21.1. The molecule has 166 valence electrons. The third-order valence-corrected chi connectivity index (χ3v) is 5.54. The lowest BCUT2D eigenvalue weighted by molar-refractivity contribution is -0.119. The van der Waals surface area contributed by atoms with Gasteiger partial charge in [-0.25, -0.2) is 9.37 Å². The topological polar surface area (TPSA) is 80.2 Å². The number of amides is 1. The molecule has 3 heterocycles. The Balaban J connectivity index is 1.25. The van der Waals surface area contributed by atoms with Crippen LogP contribution in [0.4, 0.5) is 10.1 Å². The zero-order valence-electron chi connectivity index (χ0n) is 17.8. The highest BCUT2D eigenvalue weighted by atomic mass is 19.1. The van der Waals surface area contributed by atoms with Gasteiger partial charge in [0.25, 0.3) is 0 Å². The maximum atomic E-state index is 14.2. The molecule has 1 aliphatic rings. The number of carbonyl (C=O) groups is 1. The first-order valence-electron chi connectivity index (χ1n) is 10.7. The number of hydrogen-bond acceptors (Lipinski definition) is 6. The number of carbonyl (C=O) groups excluding carboxylic acids is 1. The van der Waals surface area contributed by atoms with Crippen LogP contribution in [0.25, 0.3) is 22.2 Å². The number of fused-ring (bicyclic) bond motifs is 1. The molecule has 0 bridgehead atoms. The lowest BCUT2D eigenvalue weighted by Gasteiger charge is -2.32. The zero-order chi connectivity index (χ0) is 22.6. The summed E-state index contributed by atoms with van der Waals surface area (Å²) in [5.41, 5.74) is 3.07. The van der Waals surface area contributed by atoms with Crippen LogP contribution in [0.15, 0.2) is 73.2 Å².